The number of carbonyl (C=O) groups is 1. The Morgan fingerprint density at radius 1 is 1.47 bits per heavy atom. The summed E-state index contributed by atoms with van der Waals surface area (Å²) in [5.74, 6) is 0.159. The van der Waals surface area contributed by atoms with Crippen LogP contribution in [0, 0.1) is 5.92 Å². The minimum Gasteiger partial charge on any atom is -0.386 e. The lowest BCUT2D eigenvalue weighted by molar-refractivity contribution is -0.157. The van der Waals surface area contributed by atoms with Crippen molar-refractivity contribution >= 4 is 28.4 Å². The van der Waals surface area contributed by atoms with Gasteiger partial charge in [-0.2, -0.15) is 0 Å². The van der Waals surface area contributed by atoms with Crippen molar-refractivity contribution in [2.45, 2.75) is 63.7 Å². The zero-order valence-corrected chi connectivity index (χ0v) is 14.2. The summed E-state index contributed by atoms with van der Waals surface area (Å²) in [6, 6.07) is 0. The summed E-state index contributed by atoms with van der Waals surface area (Å²) < 4.78 is -0.171. The number of thiol groups is 1. The van der Waals surface area contributed by atoms with Crippen LogP contribution in [0.3, 0.4) is 0 Å². The molecule has 1 atom stereocenters. The number of rotatable bonds is 7. The van der Waals surface area contributed by atoms with Gasteiger partial charge < -0.3 is 10.0 Å². The molecule has 5 heteroatoms. The molecule has 1 N–H and O–H groups in total. The molecular weight excluding hydrogens is 278 g/mol. The minimum absolute atomic E-state index is 0.0161. The van der Waals surface area contributed by atoms with Crippen LogP contribution < -0.4 is 0 Å². The zero-order chi connectivity index (χ0) is 14.7. The number of hydrogen-bond donors (Lipinski definition) is 2. The lowest BCUT2D eigenvalue weighted by Crippen LogP contribution is -2.63. The first-order valence-corrected chi connectivity index (χ1v) is 8.94. The van der Waals surface area contributed by atoms with E-state index in [4.69, 9.17) is 0 Å². The molecule has 0 aromatic heterocycles. The van der Waals surface area contributed by atoms with Gasteiger partial charge in [0.2, 0.25) is 5.91 Å². The quantitative estimate of drug-likeness (QED) is 0.431. The predicted molar refractivity (Wildman–Crippen MR) is 85.5 cm³/mol. The smallest absolute Gasteiger partial charge is 0.227 e. The van der Waals surface area contributed by atoms with Gasteiger partial charge in [0.15, 0.2) is 0 Å². The van der Waals surface area contributed by atoms with E-state index in [-0.39, 0.29) is 16.6 Å². The van der Waals surface area contributed by atoms with Gasteiger partial charge >= 0.3 is 0 Å². The number of carbonyl (C=O) groups excluding carboxylic acids is 1. The van der Waals surface area contributed by atoms with Gasteiger partial charge in [0.05, 0.1) is 24.6 Å². The van der Waals surface area contributed by atoms with Crippen molar-refractivity contribution in [3.63, 3.8) is 0 Å². The standard InChI is InChI=1S/C14H27NO2S2/c1-5-6-7-8-11(13(2,3)19-18)12(16)15-9-14(4,17)10-15/h11,17-18H,5-10H2,1-4H3. The topological polar surface area (TPSA) is 40.5 Å². The van der Waals surface area contributed by atoms with Gasteiger partial charge in [-0.25, -0.2) is 0 Å². The maximum Gasteiger partial charge on any atom is 0.227 e. The van der Waals surface area contributed by atoms with Crippen LogP contribution in [-0.4, -0.2) is 39.4 Å². The average Bonchev–Trinajstić information content (AvgIpc) is 2.30. The molecule has 3 nitrogen and oxygen atoms in total. The number of aliphatic hydroxyl groups is 1. The number of nitrogens with zero attached hydrogens (tertiary/aromatic N) is 1. The molecule has 112 valence electrons. The molecule has 0 aromatic carbocycles. The fourth-order valence-electron chi connectivity index (χ4n) is 2.58. The molecule has 0 bridgehead atoms. The van der Waals surface area contributed by atoms with E-state index >= 15 is 0 Å². The molecule has 1 aliphatic heterocycles. The van der Waals surface area contributed by atoms with Crippen molar-refractivity contribution in [1.82, 2.24) is 4.90 Å². The molecule has 0 spiro atoms. The summed E-state index contributed by atoms with van der Waals surface area (Å²) in [5, 5.41) is 9.77. The second kappa shape index (κ2) is 6.72. The third kappa shape index (κ3) is 4.57. The largest absolute Gasteiger partial charge is 0.386 e. The number of likely N-dealkylation sites (tertiary alicyclic amines) is 1. The lowest BCUT2D eigenvalue weighted by Gasteiger charge is -2.47. The summed E-state index contributed by atoms with van der Waals surface area (Å²) in [6.07, 6.45) is 4.31. The number of β-amino-alcohol motifs (C(OH)–C–C–N with tert-alkyl or cyclic N) is 1. The molecule has 1 rings (SSSR count). The van der Waals surface area contributed by atoms with Gasteiger partial charge in [-0.05, 0) is 27.2 Å². The van der Waals surface area contributed by atoms with Crippen LogP contribution >= 0.6 is 22.5 Å². The summed E-state index contributed by atoms with van der Waals surface area (Å²) in [4.78, 5) is 14.4. The van der Waals surface area contributed by atoms with Crippen molar-refractivity contribution < 1.29 is 9.90 Å². The van der Waals surface area contributed by atoms with Gasteiger partial charge in [0.1, 0.15) is 0 Å². The van der Waals surface area contributed by atoms with Crippen LogP contribution in [0.15, 0.2) is 0 Å². The first-order chi connectivity index (χ1) is 8.73. The molecule has 1 aliphatic rings. The third-order valence-corrected chi connectivity index (χ3v) is 6.01. The third-order valence-electron chi connectivity index (χ3n) is 3.84. The van der Waals surface area contributed by atoms with E-state index in [2.05, 4.69) is 32.4 Å². The van der Waals surface area contributed by atoms with Crippen LogP contribution in [-0.2, 0) is 4.79 Å². The highest BCUT2D eigenvalue weighted by Crippen LogP contribution is 2.40. The van der Waals surface area contributed by atoms with Crippen LogP contribution in [0.4, 0.5) is 0 Å². The van der Waals surface area contributed by atoms with Crippen molar-refractivity contribution in [1.29, 1.82) is 0 Å². The zero-order valence-electron chi connectivity index (χ0n) is 12.5. The molecule has 1 saturated heterocycles. The van der Waals surface area contributed by atoms with E-state index < -0.39 is 5.60 Å². The predicted octanol–water partition coefficient (Wildman–Crippen LogP) is 3.13. The van der Waals surface area contributed by atoms with E-state index in [0.29, 0.717) is 13.1 Å². The maximum absolute atomic E-state index is 12.6. The molecule has 1 unspecified atom stereocenters. The van der Waals surface area contributed by atoms with Crippen LogP contribution in [0.25, 0.3) is 0 Å². The lowest BCUT2D eigenvalue weighted by atomic mass is 9.85. The normalized spacial score (nSPS) is 20.0. The van der Waals surface area contributed by atoms with E-state index in [1.165, 1.54) is 10.8 Å². The number of unbranched alkanes of at least 4 members (excludes halogenated alkanes) is 2. The second-order valence-corrected chi connectivity index (χ2v) is 8.22. The van der Waals surface area contributed by atoms with E-state index in [1.54, 1.807) is 11.8 Å². The molecular formula is C14H27NO2S2. The molecule has 1 heterocycles. The Morgan fingerprint density at radius 2 is 2.05 bits per heavy atom. The molecule has 0 radical (unpaired) electrons. The highest BCUT2D eigenvalue weighted by Gasteiger charge is 2.45. The van der Waals surface area contributed by atoms with Crippen LogP contribution in [0.2, 0.25) is 0 Å². The maximum atomic E-state index is 12.6. The van der Waals surface area contributed by atoms with Gasteiger partial charge in [-0.3, -0.25) is 4.79 Å². The summed E-state index contributed by atoms with van der Waals surface area (Å²) >= 11 is 4.33. The highest BCUT2D eigenvalue weighted by atomic mass is 33.1. The van der Waals surface area contributed by atoms with Gasteiger partial charge in [-0.1, -0.05) is 37.0 Å². The molecule has 0 aromatic rings. The number of hydrogen-bond acceptors (Lipinski definition) is 4. The fraction of sp³-hybridized carbons (Fsp3) is 0.929. The van der Waals surface area contributed by atoms with Crippen molar-refractivity contribution in [3.05, 3.63) is 0 Å². The average molecular weight is 306 g/mol. The fourth-order valence-corrected chi connectivity index (χ4v) is 3.31. The van der Waals surface area contributed by atoms with Crippen LogP contribution in [0.1, 0.15) is 53.4 Å². The summed E-state index contributed by atoms with van der Waals surface area (Å²) in [6.45, 7) is 9.03. The molecule has 1 fully saturated rings. The molecule has 19 heavy (non-hydrogen) atoms. The first kappa shape index (κ1) is 17.2. The summed E-state index contributed by atoms with van der Waals surface area (Å²) in [5.41, 5.74) is -0.693. The number of amides is 1. The van der Waals surface area contributed by atoms with E-state index in [1.807, 2.05) is 0 Å². The minimum atomic E-state index is -0.693. The molecule has 1 amide bonds. The first-order valence-electron chi connectivity index (χ1n) is 7.07. The Bertz CT molecular complexity index is 311. The van der Waals surface area contributed by atoms with Crippen molar-refractivity contribution in [2.75, 3.05) is 13.1 Å². The van der Waals surface area contributed by atoms with Crippen molar-refractivity contribution in [3.8, 4) is 0 Å². The SMILES string of the molecule is CCCCCC(C(=O)N1CC(C)(O)C1)C(C)(C)SS. The van der Waals surface area contributed by atoms with Gasteiger partial charge in [0.25, 0.3) is 0 Å². The van der Waals surface area contributed by atoms with E-state index in [0.717, 1.165) is 25.7 Å². The highest BCUT2D eigenvalue weighted by molar-refractivity contribution is 8.69. The van der Waals surface area contributed by atoms with Crippen LogP contribution in [0.5, 0.6) is 0 Å². The van der Waals surface area contributed by atoms with Gasteiger partial charge in [-0.15, -0.1) is 11.7 Å². The monoisotopic (exact) mass is 305 g/mol. The van der Waals surface area contributed by atoms with Crippen molar-refractivity contribution in [2.24, 2.45) is 5.92 Å². The van der Waals surface area contributed by atoms with E-state index in [9.17, 15) is 9.90 Å². The Hall–Kier alpha value is 0.130. The Morgan fingerprint density at radius 3 is 2.47 bits per heavy atom. The molecule has 0 aliphatic carbocycles. The summed E-state index contributed by atoms with van der Waals surface area (Å²) in [7, 11) is 1.46. The Labute approximate surface area is 126 Å². The van der Waals surface area contributed by atoms with Gasteiger partial charge in [0, 0.05) is 4.75 Å². The Balaban J connectivity index is 2.65. The Kier molecular flexibility index (Phi) is 6.08. The second-order valence-electron chi connectivity index (χ2n) is 6.43. The molecule has 0 saturated carbocycles.